The summed E-state index contributed by atoms with van der Waals surface area (Å²) < 4.78 is 91.0. The van der Waals surface area contributed by atoms with Gasteiger partial charge in [0.1, 0.15) is 129 Å². The van der Waals surface area contributed by atoms with Crippen LogP contribution in [0.2, 0.25) is 0 Å². The van der Waals surface area contributed by atoms with Crippen LogP contribution in [-0.4, -0.2) is 295 Å². The van der Waals surface area contributed by atoms with E-state index >= 15 is 0 Å². The number of nitrogens with zero attached hydrogens (tertiary/aromatic N) is 5. The number of carbonyl (C=O) groups excluding carboxylic acids is 8. The minimum atomic E-state index is -2.05. The second-order valence-corrected chi connectivity index (χ2v) is 39.3. The highest BCUT2D eigenvalue weighted by Crippen LogP contribution is 2.42. The first-order chi connectivity index (χ1) is 55.7. The number of hydrogen-bond acceptors (Lipinski definition) is 34. The van der Waals surface area contributed by atoms with Crippen LogP contribution in [0.25, 0.3) is 0 Å². The molecule has 3 aliphatic heterocycles. The van der Waals surface area contributed by atoms with E-state index in [2.05, 4.69) is 71.1 Å². The van der Waals surface area contributed by atoms with Crippen LogP contribution in [0, 0.1) is 11.8 Å². The molecular weight excluding hydrogens is 1640 g/mol. The van der Waals surface area contributed by atoms with E-state index in [0.717, 1.165) is 0 Å². The van der Waals surface area contributed by atoms with Gasteiger partial charge in [0, 0.05) is 41.7 Å². The lowest BCUT2D eigenvalue weighted by atomic mass is 9.77. The zero-order valence-corrected chi connectivity index (χ0v) is 77.3. The number of aliphatic hydroxyl groups is 6. The molecule has 0 radical (unpaired) electrons. The standard InChI is InChI=1S/C80H137N11O29S2/c1-40(82-65(98)113-73(5,6)7)35-45-54(93)55(94)47(29-30-50(88-69(102)117-77(17,18)19)89-70(103)118-78(20,21)22)107-62(45)111-60-49(39-122-34-32-106-31-33-121)109-64(58(60)97)112-61-53(92)44(37-51(90-71(104)119-79(23,24)25)91-72(105)120-80(26,27)28)36-46(83-42(3)86-67(100)115-75(11,12)13)59(61)110-63-52(84-43(4)87-68(101)116-76(14,15)16)57(96)56(95)48(108-63)38-81-41(2)85-66(99)114-74(8,9)10/h44-49,52-64,92-97,121H,1,29-39H2,2-28H3,(H,82,98)(H,81,85,99)(H,83,86,100)(H,84,87,101)(H,88,89,102,103)(H,90,91,104,105)/t44-,45+,46?,47-,48?,49+,52?,53?,54-,55?,56+,57+,58-,59+,60?,61+,62?,63+,64-/m0/s1. The van der Waals surface area contributed by atoms with Gasteiger partial charge in [0.05, 0.1) is 50.2 Å². The van der Waals surface area contributed by atoms with Crippen molar-refractivity contribution in [2.24, 2.45) is 36.8 Å². The second-order valence-electron chi connectivity index (χ2n) is 37.7. The molecule has 7 unspecified atom stereocenters. The van der Waals surface area contributed by atoms with Crippen LogP contribution < -0.4 is 31.9 Å². The van der Waals surface area contributed by atoms with E-state index in [9.17, 15) is 69.0 Å². The summed E-state index contributed by atoms with van der Waals surface area (Å²) in [4.78, 5) is 130. The van der Waals surface area contributed by atoms with E-state index in [0.29, 0.717) is 11.5 Å². The number of amides is 8. The molecule has 4 aliphatic rings. The molecule has 12 N–H and O–H groups in total. The third kappa shape index (κ3) is 40.4. The van der Waals surface area contributed by atoms with Crippen LogP contribution in [0.1, 0.15) is 219 Å². The Kier molecular flexibility index (Phi) is 40.3. The molecule has 0 bridgehead atoms. The number of ether oxygens (including phenoxy) is 15. The largest absolute Gasteiger partial charge is 0.444 e. The van der Waals surface area contributed by atoms with Gasteiger partial charge in [0.25, 0.3) is 0 Å². The number of rotatable bonds is 25. The molecule has 19 atom stereocenters. The number of thiol groups is 1. The summed E-state index contributed by atoms with van der Waals surface area (Å²) in [5.74, 6) is -3.32. The Morgan fingerprint density at radius 3 is 1.33 bits per heavy atom. The van der Waals surface area contributed by atoms with Crippen molar-refractivity contribution in [3.63, 3.8) is 0 Å². The first-order valence-electron chi connectivity index (χ1n) is 40.4. The van der Waals surface area contributed by atoms with Crippen molar-refractivity contribution in [3.8, 4) is 0 Å². The Labute approximate surface area is 725 Å². The molecule has 122 heavy (non-hydrogen) atoms. The number of carbonyl (C=O) groups is 8. The summed E-state index contributed by atoms with van der Waals surface area (Å²) in [6, 6.07) is -3.30. The molecule has 3 heterocycles. The highest BCUT2D eigenvalue weighted by Gasteiger charge is 2.57. The van der Waals surface area contributed by atoms with Crippen LogP contribution in [0.3, 0.4) is 0 Å². The highest BCUT2D eigenvalue weighted by molar-refractivity contribution is 7.99. The van der Waals surface area contributed by atoms with E-state index in [1.807, 2.05) is 0 Å². The van der Waals surface area contributed by atoms with Crippen LogP contribution in [0.15, 0.2) is 37.2 Å². The van der Waals surface area contributed by atoms with Gasteiger partial charge in [-0.05, 0) is 212 Å². The number of allylic oxidation sites excluding steroid dienone is 1. The molecular formula is C80H137N11O29S2. The van der Waals surface area contributed by atoms with Gasteiger partial charge in [0.2, 0.25) is 0 Å². The number of nitrogens with one attached hydrogen (secondary N) is 6. The van der Waals surface area contributed by atoms with Gasteiger partial charge in [0.15, 0.2) is 18.9 Å². The van der Waals surface area contributed by atoms with Crippen molar-refractivity contribution in [1.29, 1.82) is 0 Å². The van der Waals surface area contributed by atoms with Gasteiger partial charge >= 0.3 is 48.7 Å². The predicted octanol–water partition coefficient (Wildman–Crippen LogP) is 8.68. The van der Waals surface area contributed by atoms with Gasteiger partial charge in [-0.2, -0.15) is 34.4 Å². The number of aliphatic imine (C=N–C) groups is 5. The van der Waals surface area contributed by atoms with Gasteiger partial charge < -0.3 is 102 Å². The van der Waals surface area contributed by atoms with Crippen molar-refractivity contribution >= 4 is 102 Å². The summed E-state index contributed by atoms with van der Waals surface area (Å²) in [5.41, 5.74) is -8.45. The first-order valence-corrected chi connectivity index (χ1v) is 42.2. The Balaban J connectivity index is 2.16. The lowest BCUT2D eigenvalue weighted by Crippen LogP contribution is -2.63. The molecule has 42 heteroatoms. The Bertz CT molecular complexity index is 3660. The Morgan fingerprint density at radius 1 is 0.434 bits per heavy atom. The summed E-state index contributed by atoms with van der Waals surface area (Å²) in [6.45, 7) is 46.6. The van der Waals surface area contributed by atoms with Crippen LogP contribution in [0.5, 0.6) is 0 Å². The molecule has 4 fully saturated rings. The van der Waals surface area contributed by atoms with E-state index in [1.54, 1.807) is 166 Å². The smallest absolute Gasteiger partial charge is 0.435 e. The number of alkyl carbamates (subject to hydrolysis) is 6. The van der Waals surface area contributed by atoms with Crippen molar-refractivity contribution in [2.45, 2.75) is 368 Å². The maximum absolute atomic E-state index is 13.9. The van der Waals surface area contributed by atoms with Crippen molar-refractivity contribution in [2.75, 3.05) is 37.0 Å². The molecule has 1 aliphatic carbocycles. The fraction of sp³-hybridized carbons (Fsp3) is 0.812. The third-order valence-corrected chi connectivity index (χ3v) is 17.9. The monoisotopic (exact) mass is 1780 g/mol. The molecule has 3 saturated heterocycles. The molecule has 0 aromatic heterocycles. The minimum Gasteiger partial charge on any atom is -0.444 e. The molecule has 4 rings (SSSR count). The minimum absolute atomic E-state index is 0.0336. The molecule has 0 spiro atoms. The number of aliphatic hydroxyl groups excluding tert-OH is 6. The lowest BCUT2D eigenvalue weighted by molar-refractivity contribution is -0.309. The van der Waals surface area contributed by atoms with Gasteiger partial charge in [-0.3, -0.25) is 46.9 Å². The topological polar surface area (TPSA) is 530 Å². The van der Waals surface area contributed by atoms with E-state index in [1.165, 1.54) is 32.5 Å². The Morgan fingerprint density at radius 2 is 0.844 bits per heavy atom. The summed E-state index contributed by atoms with van der Waals surface area (Å²) in [7, 11) is 0. The fourth-order valence-corrected chi connectivity index (χ4v) is 13.3. The van der Waals surface area contributed by atoms with E-state index in [-0.39, 0.29) is 60.8 Å². The normalized spacial score (nSPS) is 27.6. The maximum Gasteiger partial charge on any atom is 0.435 e. The fourth-order valence-electron chi connectivity index (χ4n) is 12.3. The average Bonchev–Trinajstić information content (AvgIpc) is 1.24. The summed E-state index contributed by atoms with van der Waals surface area (Å²) in [6.07, 6.45) is -37.6. The third-order valence-electron chi connectivity index (χ3n) is 16.7. The van der Waals surface area contributed by atoms with Gasteiger partial charge in [-0.1, -0.05) is 6.58 Å². The maximum atomic E-state index is 13.9. The van der Waals surface area contributed by atoms with Crippen molar-refractivity contribution < 1.29 is 140 Å². The molecule has 698 valence electrons. The van der Waals surface area contributed by atoms with E-state index in [4.69, 9.17) is 76.0 Å². The number of amidine groups is 5. The van der Waals surface area contributed by atoms with Crippen LogP contribution in [0.4, 0.5) is 38.4 Å². The quantitative estimate of drug-likeness (QED) is 0.0134. The zero-order valence-electron chi connectivity index (χ0n) is 75.6. The summed E-state index contributed by atoms with van der Waals surface area (Å²) in [5, 5.41) is 91.2. The molecule has 0 aromatic carbocycles. The second kappa shape index (κ2) is 45.8. The van der Waals surface area contributed by atoms with Gasteiger partial charge in [-0.25, -0.2) is 38.4 Å². The Hall–Kier alpha value is -7.17. The molecule has 40 nitrogen and oxygen atoms in total. The molecule has 0 aromatic rings. The predicted molar refractivity (Wildman–Crippen MR) is 453 cm³/mol. The van der Waals surface area contributed by atoms with Crippen LogP contribution >= 0.6 is 24.4 Å². The average molecular weight is 1780 g/mol. The number of thioether (sulfide) groups is 1. The van der Waals surface area contributed by atoms with E-state index < -0.39 is 241 Å². The van der Waals surface area contributed by atoms with Crippen LogP contribution in [-0.2, 0) is 71.1 Å². The van der Waals surface area contributed by atoms with Crippen molar-refractivity contribution in [1.82, 2.24) is 31.9 Å². The first kappa shape index (κ1) is 107. The van der Waals surface area contributed by atoms with Gasteiger partial charge in [-0.15, -0.1) is 0 Å². The highest BCUT2D eigenvalue weighted by atomic mass is 32.2. The number of hydrogen-bond donors (Lipinski definition) is 13. The lowest BCUT2D eigenvalue weighted by Gasteiger charge is -2.48. The SMILES string of the molecule is C=C(C[C@H]1C(OC2[C@@H](CSCCOCCS)O[C@@H](O[C@@H]3C(O)[C@H](CC(=NC(=O)OC(C)(C)C)NC(=O)OC(C)(C)C)CC(N=C(C)NC(=O)OC(C)(C)C)[C@H]3O[C@H]3OC(CN=C(C)NC(=O)OC(C)(C)C)[C@@H](O)[C@H](O)C3N=C(C)NC(=O)OC(C)(C)C)[C@H]2O)O[C@@H](CCC(=NC(=O)OC(C)(C)C)NC(=O)OC(C)(C)C)C(O)[C@H]1O)NC(=O)OC(C)(C)C. The molecule has 8 amide bonds. The molecule has 1 saturated carbocycles. The summed E-state index contributed by atoms with van der Waals surface area (Å²) >= 11 is 5.52. The van der Waals surface area contributed by atoms with Crippen molar-refractivity contribution in [3.05, 3.63) is 12.3 Å². The zero-order chi connectivity index (χ0) is 92.9.